The Morgan fingerprint density at radius 2 is 1.81 bits per heavy atom. The van der Waals surface area contributed by atoms with Crippen molar-refractivity contribution in [2.24, 2.45) is 0 Å². The summed E-state index contributed by atoms with van der Waals surface area (Å²) in [5.74, 6) is 0. The number of hydrogen-bond donors (Lipinski definition) is 1. The van der Waals surface area contributed by atoms with Crippen LogP contribution in [0, 0.1) is 0 Å². The van der Waals surface area contributed by atoms with Crippen molar-refractivity contribution in [2.45, 2.75) is 38.5 Å². The number of hydrogen-bond acceptors (Lipinski definition) is 2. The number of fused-ring (bicyclic) bond motifs is 1. The standard InChI is InChI=1S/C19H23NO/c1-20-13-15-9-11-16(12-10-15)14-21-19-8-4-6-17-5-2-3-7-18(17)19/h2-3,5,7,9-12,19-20H,4,6,8,13-14H2,1H3. The summed E-state index contributed by atoms with van der Waals surface area (Å²) in [6.45, 7) is 1.61. The summed E-state index contributed by atoms with van der Waals surface area (Å²) in [5.41, 5.74) is 5.40. The van der Waals surface area contributed by atoms with Gasteiger partial charge in [0.1, 0.15) is 0 Å². The van der Waals surface area contributed by atoms with Crippen molar-refractivity contribution in [2.75, 3.05) is 7.05 Å². The molecule has 0 heterocycles. The first kappa shape index (κ1) is 14.3. The monoisotopic (exact) mass is 281 g/mol. The number of benzene rings is 2. The molecule has 0 aromatic heterocycles. The minimum Gasteiger partial charge on any atom is -0.369 e. The molecule has 1 atom stereocenters. The Labute approximate surface area is 127 Å². The second-order valence-electron chi connectivity index (χ2n) is 5.74. The van der Waals surface area contributed by atoms with Gasteiger partial charge >= 0.3 is 0 Å². The third-order valence-electron chi connectivity index (χ3n) is 4.17. The zero-order valence-electron chi connectivity index (χ0n) is 12.6. The molecule has 0 saturated carbocycles. The van der Waals surface area contributed by atoms with Gasteiger partial charge in [-0.05, 0) is 48.6 Å². The first-order chi connectivity index (χ1) is 10.4. The zero-order valence-corrected chi connectivity index (χ0v) is 12.6. The molecule has 1 aliphatic carbocycles. The predicted octanol–water partition coefficient (Wildman–Crippen LogP) is 4.00. The van der Waals surface area contributed by atoms with E-state index in [4.69, 9.17) is 4.74 Å². The molecule has 0 aliphatic heterocycles. The van der Waals surface area contributed by atoms with E-state index in [1.807, 2.05) is 7.05 Å². The Balaban J connectivity index is 1.63. The van der Waals surface area contributed by atoms with Crippen molar-refractivity contribution in [1.29, 1.82) is 0 Å². The van der Waals surface area contributed by atoms with Crippen LogP contribution in [0.3, 0.4) is 0 Å². The Kier molecular flexibility index (Phi) is 4.69. The molecule has 0 fully saturated rings. The summed E-state index contributed by atoms with van der Waals surface area (Å²) in [6, 6.07) is 17.4. The van der Waals surface area contributed by atoms with Crippen LogP contribution in [0.5, 0.6) is 0 Å². The predicted molar refractivity (Wildman–Crippen MR) is 86.1 cm³/mol. The van der Waals surface area contributed by atoms with E-state index in [2.05, 4.69) is 53.8 Å². The maximum absolute atomic E-state index is 6.18. The summed E-state index contributed by atoms with van der Waals surface area (Å²) < 4.78 is 6.18. The van der Waals surface area contributed by atoms with Gasteiger partial charge in [0.25, 0.3) is 0 Å². The van der Waals surface area contributed by atoms with Crippen molar-refractivity contribution in [3.8, 4) is 0 Å². The summed E-state index contributed by atoms with van der Waals surface area (Å²) >= 11 is 0. The molecule has 2 aromatic carbocycles. The van der Waals surface area contributed by atoms with Crippen molar-refractivity contribution in [1.82, 2.24) is 5.32 Å². The maximum atomic E-state index is 6.18. The lowest BCUT2D eigenvalue weighted by Gasteiger charge is -2.25. The fourth-order valence-electron chi connectivity index (χ4n) is 3.04. The highest BCUT2D eigenvalue weighted by molar-refractivity contribution is 5.31. The minimum absolute atomic E-state index is 0.256. The van der Waals surface area contributed by atoms with Crippen LogP contribution in [0.1, 0.15) is 41.2 Å². The first-order valence-electron chi connectivity index (χ1n) is 7.78. The quantitative estimate of drug-likeness (QED) is 0.894. The molecule has 1 unspecified atom stereocenters. The maximum Gasteiger partial charge on any atom is 0.0832 e. The second-order valence-corrected chi connectivity index (χ2v) is 5.74. The van der Waals surface area contributed by atoms with E-state index in [1.165, 1.54) is 35.1 Å². The van der Waals surface area contributed by atoms with Crippen LogP contribution < -0.4 is 5.32 Å². The van der Waals surface area contributed by atoms with Crippen LogP contribution >= 0.6 is 0 Å². The fourth-order valence-corrected chi connectivity index (χ4v) is 3.04. The Hall–Kier alpha value is -1.64. The van der Waals surface area contributed by atoms with Crippen molar-refractivity contribution >= 4 is 0 Å². The average Bonchev–Trinajstić information content (AvgIpc) is 2.54. The van der Waals surface area contributed by atoms with Gasteiger partial charge in [0.15, 0.2) is 0 Å². The highest BCUT2D eigenvalue weighted by Gasteiger charge is 2.20. The summed E-state index contributed by atoms with van der Waals surface area (Å²) in [6.07, 6.45) is 3.80. The van der Waals surface area contributed by atoms with Gasteiger partial charge in [-0.3, -0.25) is 0 Å². The molecule has 2 nitrogen and oxygen atoms in total. The largest absolute Gasteiger partial charge is 0.369 e. The average molecular weight is 281 g/mol. The summed E-state index contributed by atoms with van der Waals surface area (Å²) in [5, 5.41) is 3.17. The molecule has 110 valence electrons. The van der Waals surface area contributed by atoms with Gasteiger partial charge in [0.05, 0.1) is 12.7 Å². The van der Waals surface area contributed by atoms with E-state index in [1.54, 1.807) is 0 Å². The Morgan fingerprint density at radius 3 is 2.62 bits per heavy atom. The van der Waals surface area contributed by atoms with Gasteiger partial charge in [-0.15, -0.1) is 0 Å². The van der Waals surface area contributed by atoms with E-state index < -0.39 is 0 Å². The lowest BCUT2D eigenvalue weighted by atomic mass is 9.89. The minimum atomic E-state index is 0.256. The van der Waals surface area contributed by atoms with Crippen LogP contribution in [0.2, 0.25) is 0 Å². The number of ether oxygens (including phenoxy) is 1. The van der Waals surface area contributed by atoms with Crippen LogP contribution in [0.4, 0.5) is 0 Å². The van der Waals surface area contributed by atoms with Crippen molar-refractivity contribution in [3.63, 3.8) is 0 Å². The molecule has 2 heteroatoms. The lowest BCUT2D eigenvalue weighted by molar-refractivity contribution is 0.0283. The first-order valence-corrected chi connectivity index (χ1v) is 7.78. The van der Waals surface area contributed by atoms with E-state index >= 15 is 0 Å². The molecule has 0 radical (unpaired) electrons. The lowest BCUT2D eigenvalue weighted by Crippen LogP contribution is -2.12. The highest BCUT2D eigenvalue weighted by Crippen LogP contribution is 2.32. The van der Waals surface area contributed by atoms with Crippen LogP contribution in [-0.2, 0) is 24.3 Å². The normalized spacial score (nSPS) is 17.5. The van der Waals surface area contributed by atoms with E-state index in [-0.39, 0.29) is 6.10 Å². The molecule has 0 spiro atoms. The molecule has 3 rings (SSSR count). The molecule has 1 aliphatic rings. The van der Waals surface area contributed by atoms with Gasteiger partial charge in [0.2, 0.25) is 0 Å². The van der Waals surface area contributed by atoms with E-state index in [0.29, 0.717) is 6.61 Å². The van der Waals surface area contributed by atoms with Crippen LogP contribution in [0.15, 0.2) is 48.5 Å². The topological polar surface area (TPSA) is 21.3 Å². The van der Waals surface area contributed by atoms with Gasteiger partial charge in [-0.2, -0.15) is 0 Å². The Bertz CT molecular complexity index is 576. The number of nitrogens with one attached hydrogen (secondary N) is 1. The van der Waals surface area contributed by atoms with Gasteiger partial charge in [-0.25, -0.2) is 0 Å². The number of rotatable bonds is 5. The zero-order chi connectivity index (χ0) is 14.5. The molecular weight excluding hydrogens is 258 g/mol. The molecule has 0 bridgehead atoms. The van der Waals surface area contributed by atoms with E-state index in [9.17, 15) is 0 Å². The second kappa shape index (κ2) is 6.88. The van der Waals surface area contributed by atoms with Crippen LogP contribution in [-0.4, -0.2) is 7.05 Å². The Morgan fingerprint density at radius 1 is 1.05 bits per heavy atom. The summed E-state index contributed by atoms with van der Waals surface area (Å²) in [7, 11) is 1.97. The third kappa shape index (κ3) is 3.52. The SMILES string of the molecule is CNCc1ccc(COC2CCCc3ccccc32)cc1. The number of aryl methyl sites for hydroxylation is 1. The molecule has 0 saturated heterocycles. The van der Waals surface area contributed by atoms with Crippen LogP contribution in [0.25, 0.3) is 0 Å². The molecular formula is C19H23NO. The highest BCUT2D eigenvalue weighted by atomic mass is 16.5. The van der Waals surface area contributed by atoms with Crippen molar-refractivity contribution in [3.05, 3.63) is 70.8 Å². The fraction of sp³-hybridized carbons (Fsp3) is 0.368. The molecule has 2 aromatic rings. The molecule has 0 amide bonds. The molecule has 1 N–H and O–H groups in total. The van der Waals surface area contributed by atoms with Gasteiger partial charge < -0.3 is 10.1 Å². The molecule has 21 heavy (non-hydrogen) atoms. The third-order valence-corrected chi connectivity index (χ3v) is 4.17. The van der Waals surface area contributed by atoms with Gasteiger partial charge in [-0.1, -0.05) is 48.5 Å². The van der Waals surface area contributed by atoms with Crippen molar-refractivity contribution < 1.29 is 4.74 Å². The van der Waals surface area contributed by atoms with Gasteiger partial charge in [0, 0.05) is 6.54 Å². The summed E-state index contributed by atoms with van der Waals surface area (Å²) in [4.78, 5) is 0. The smallest absolute Gasteiger partial charge is 0.0832 e. The van der Waals surface area contributed by atoms with E-state index in [0.717, 1.165) is 13.0 Å².